The van der Waals surface area contributed by atoms with Crippen LogP contribution >= 0.6 is 0 Å². The first-order chi connectivity index (χ1) is 11.7. The lowest BCUT2D eigenvalue weighted by molar-refractivity contribution is 0.0631. The molecule has 124 valence electrons. The molecule has 5 heteroatoms. The van der Waals surface area contributed by atoms with Gasteiger partial charge in [-0.05, 0) is 25.7 Å². The molecule has 0 bridgehead atoms. The molecule has 0 radical (unpaired) electrons. The quantitative estimate of drug-likeness (QED) is 0.810. The fourth-order valence-electron chi connectivity index (χ4n) is 3.41. The molecule has 24 heavy (non-hydrogen) atoms. The van der Waals surface area contributed by atoms with Gasteiger partial charge < -0.3 is 9.32 Å². The summed E-state index contributed by atoms with van der Waals surface area (Å²) in [6, 6.07) is 9.32. The van der Waals surface area contributed by atoms with E-state index in [2.05, 4.69) is 4.98 Å². The fraction of sp³-hybridized carbons (Fsp3) is 0.421. The molecule has 4 rings (SSSR count). The van der Waals surface area contributed by atoms with Crippen LogP contribution in [0.4, 0.5) is 0 Å². The van der Waals surface area contributed by atoms with Gasteiger partial charge >= 0.3 is 0 Å². The number of carbonyl (C=O) groups is 2. The molecule has 0 N–H and O–H groups in total. The van der Waals surface area contributed by atoms with E-state index < -0.39 is 0 Å². The first kappa shape index (κ1) is 15.1. The third-order valence-electron chi connectivity index (χ3n) is 4.88. The summed E-state index contributed by atoms with van der Waals surface area (Å²) in [6.45, 7) is 1.14. The summed E-state index contributed by atoms with van der Waals surface area (Å²) in [7, 11) is 0. The molecule has 1 saturated carbocycles. The fourth-order valence-corrected chi connectivity index (χ4v) is 3.41. The van der Waals surface area contributed by atoms with Crippen molar-refractivity contribution in [1.29, 1.82) is 0 Å². The van der Waals surface area contributed by atoms with Gasteiger partial charge in [0.2, 0.25) is 0 Å². The van der Waals surface area contributed by atoms with Gasteiger partial charge in [0, 0.05) is 30.5 Å². The first-order valence-corrected chi connectivity index (χ1v) is 8.56. The smallest absolute Gasteiger partial charge is 0.276 e. The normalized spacial score (nSPS) is 20.8. The van der Waals surface area contributed by atoms with Crippen LogP contribution in [0.25, 0.3) is 0 Å². The number of rotatable bonds is 4. The highest BCUT2D eigenvalue weighted by Gasteiger charge is 2.36. The minimum Gasteiger partial charge on any atom is -0.447 e. The van der Waals surface area contributed by atoms with E-state index in [1.165, 1.54) is 6.39 Å². The van der Waals surface area contributed by atoms with E-state index in [0.29, 0.717) is 24.7 Å². The van der Waals surface area contributed by atoms with E-state index in [0.717, 1.165) is 37.0 Å². The van der Waals surface area contributed by atoms with Crippen LogP contribution in [0.2, 0.25) is 0 Å². The SMILES string of the molecule is O=C(c1ccccc1)C1CCCN(C(=O)c2ncoc2C2CC2)C1. The van der Waals surface area contributed by atoms with Crippen LogP contribution < -0.4 is 0 Å². The van der Waals surface area contributed by atoms with Crippen LogP contribution in [-0.4, -0.2) is 34.7 Å². The van der Waals surface area contributed by atoms with Crippen LogP contribution in [0, 0.1) is 5.92 Å². The van der Waals surface area contributed by atoms with Crippen molar-refractivity contribution in [2.24, 2.45) is 5.92 Å². The summed E-state index contributed by atoms with van der Waals surface area (Å²) in [4.78, 5) is 31.4. The number of ketones is 1. The monoisotopic (exact) mass is 324 g/mol. The van der Waals surface area contributed by atoms with Gasteiger partial charge in [-0.2, -0.15) is 0 Å². The van der Waals surface area contributed by atoms with Gasteiger partial charge in [-0.1, -0.05) is 30.3 Å². The molecule has 1 unspecified atom stereocenters. The van der Waals surface area contributed by atoms with Crippen molar-refractivity contribution in [3.8, 4) is 0 Å². The van der Waals surface area contributed by atoms with E-state index in [1.54, 1.807) is 4.90 Å². The molecule has 0 spiro atoms. The number of hydrogen-bond acceptors (Lipinski definition) is 4. The minimum atomic E-state index is -0.138. The van der Waals surface area contributed by atoms with Crippen molar-refractivity contribution in [2.45, 2.75) is 31.6 Å². The number of amides is 1. The zero-order valence-electron chi connectivity index (χ0n) is 13.5. The van der Waals surface area contributed by atoms with Gasteiger partial charge in [0.15, 0.2) is 17.9 Å². The maximum atomic E-state index is 12.8. The average molecular weight is 324 g/mol. The standard InChI is InChI=1S/C19H20N2O3/c22-17(13-5-2-1-3-6-13)15-7-4-10-21(11-15)19(23)16-18(14-8-9-14)24-12-20-16/h1-3,5-6,12,14-15H,4,7-11H2. The summed E-state index contributed by atoms with van der Waals surface area (Å²) in [6.07, 6.45) is 5.14. The summed E-state index contributed by atoms with van der Waals surface area (Å²) in [5, 5.41) is 0. The van der Waals surface area contributed by atoms with Gasteiger partial charge in [-0.3, -0.25) is 9.59 Å². The molecule has 1 saturated heterocycles. The minimum absolute atomic E-state index is 0.101. The molecule has 1 amide bonds. The van der Waals surface area contributed by atoms with Gasteiger partial charge in [0.25, 0.3) is 5.91 Å². The zero-order chi connectivity index (χ0) is 16.5. The second kappa shape index (κ2) is 6.23. The van der Waals surface area contributed by atoms with Crippen molar-refractivity contribution in [3.05, 3.63) is 53.7 Å². The van der Waals surface area contributed by atoms with Crippen molar-refractivity contribution in [1.82, 2.24) is 9.88 Å². The molecule has 2 aliphatic rings. The number of aromatic nitrogens is 1. The highest BCUT2D eigenvalue weighted by molar-refractivity contribution is 5.99. The summed E-state index contributed by atoms with van der Waals surface area (Å²) < 4.78 is 5.42. The number of carbonyl (C=O) groups excluding carboxylic acids is 2. The second-order valence-corrected chi connectivity index (χ2v) is 6.66. The Morgan fingerprint density at radius 2 is 1.92 bits per heavy atom. The maximum Gasteiger partial charge on any atom is 0.276 e. The molecular weight excluding hydrogens is 304 g/mol. The number of nitrogens with zero attached hydrogens (tertiary/aromatic N) is 2. The average Bonchev–Trinajstić information content (AvgIpc) is 3.38. The summed E-state index contributed by atoms with van der Waals surface area (Å²) in [5.41, 5.74) is 1.15. The Labute approximate surface area is 140 Å². The van der Waals surface area contributed by atoms with Crippen molar-refractivity contribution < 1.29 is 14.0 Å². The molecule has 5 nitrogen and oxygen atoms in total. The number of Topliss-reactive ketones (excluding diaryl/α,β-unsaturated/α-hetero) is 1. The highest BCUT2D eigenvalue weighted by atomic mass is 16.3. The van der Waals surface area contributed by atoms with E-state index in [9.17, 15) is 9.59 Å². The van der Waals surface area contributed by atoms with Crippen LogP contribution in [0.5, 0.6) is 0 Å². The van der Waals surface area contributed by atoms with Gasteiger partial charge in [-0.25, -0.2) is 4.98 Å². The topological polar surface area (TPSA) is 63.4 Å². The Morgan fingerprint density at radius 1 is 1.12 bits per heavy atom. The number of piperidine rings is 1. The predicted octanol–water partition coefficient (Wildman–Crippen LogP) is 3.29. The Morgan fingerprint density at radius 3 is 2.67 bits per heavy atom. The lowest BCUT2D eigenvalue weighted by Crippen LogP contribution is -2.42. The molecule has 2 aromatic rings. The molecule has 2 fully saturated rings. The largest absolute Gasteiger partial charge is 0.447 e. The Hall–Kier alpha value is -2.43. The number of hydrogen-bond donors (Lipinski definition) is 0. The summed E-state index contributed by atoms with van der Waals surface area (Å²) in [5.74, 6) is 0.947. The molecule has 1 aromatic carbocycles. The number of oxazole rings is 1. The first-order valence-electron chi connectivity index (χ1n) is 8.56. The lowest BCUT2D eigenvalue weighted by atomic mass is 9.90. The van der Waals surface area contributed by atoms with Crippen LogP contribution in [0.1, 0.15) is 58.2 Å². The van der Waals surface area contributed by atoms with Crippen LogP contribution in [0.3, 0.4) is 0 Å². The maximum absolute atomic E-state index is 12.8. The third-order valence-corrected chi connectivity index (χ3v) is 4.88. The Bertz CT molecular complexity index is 749. The number of benzene rings is 1. The van der Waals surface area contributed by atoms with Gasteiger partial charge in [0.1, 0.15) is 5.76 Å². The zero-order valence-corrected chi connectivity index (χ0v) is 13.5. The van der Waals surface area contributed by atoms with Gasteiger partial charge in [-0.15, -0.1) is 0 Å². The Balaban J connectivity index is 1.49. The molecule has 2 heterocycles. The molecule has 1 atom stereocenters. The van der Waals surface area contributed by atoms with E-state index in [1.807, 2.05) is 30.3 Å². The number of likely N-dealkylation sites (tertiary alicyclic amines) is 1. The highest BCUT2D eigenvalue weighted by Crippen LogP contribution is 2.41. The van der Waals surface area contributed by atoms with E-state index >= 15 is 0 Å². The van der Waals surface area contributed by atoms with E-state index in [-0.39, 0.29) is 17.6 Å². The van der Waals surface area contributed by atoms with Gasteiger partial charge in [0.05, 0.1) is 0 Å². The molecular formula is C19H20N2O3. The van der Waals surface area contributed by atoms with E-state index in [4.69, 9.17) is 4.42 Å². The van der Waals surface area contributed by atoms with Crippen molar-refractivity contribution in [3.63, 3.8) is 0 Å². The van der Waals surface area contributed by atoms with Crippen molar-refractivity contribution >= 4 is 11.7 Å². The van der Waals surface area contributed by atoms with Crippen LogP contribution in [0.15, 0.2) is 41.1 Å². The van der Waals surface area contributed by atoms with Crippen LogP contribution in [-0.2, 0) is 0 Å². The Kier molecular flexibility index (Phi) is 3.92. The molecule has 1 aliphatic carbocycles. The molecule has 1 aliphatic heterocycles. The third kappa shape index (κ3) is 2.86. The lowest BCUT2D eigenvalue weighted by Gasteiger charge is -2.31. The molecule has 1 aromatic heterocycles. The second-order valence-electron chi connectivity index (χ2n) is 6.66. The predicted molar refractivity (Wildman–Crippen MR) is 87.9 cm³/mol. The van der Waals surface area contributed by atoms with Crippen molar-refractivity contribution in [2.75, 3.05) is 13.1 Å². The summed E-state index contributed by atoms with van der Waals surface area (Å²) >= 11 is 0.